The van der Waals surface area contributed by atoms with Crippen molar-refractivity contribution in [2.24, 2.45) is 5.92 Å². The monoisotopic (exact) mass is 312 g/mol. The van der Waals surface area contributed by atoms with Crippen molar-refractivity contribution >= 4 is 5.91 Å². The Morgan fingerprint density at radius 1 is 1.27 bits per heavy atom. The van der Waals surface area contributed by atoms with Crippen molar-refractivity contribution in [2.45, 2.75) is 53.3 Å². The molecule has 1 rings (SSSR count). The van der Waals surface area contributed by atoms with E-state index in [-0.39, 0.29) is 12.0 Å². The molecular formula is C15H28N4O3. The van der Waals surface area contributed by atoms with E-state index in [0.29, 0.717) is 45.2 Å². The topological polar surface area (TPSA) is 78.3 Å². The SMILES string of the molecule is CC(C)CC(=O)NCc1cn(CCOCCOC(C)C)nn1. The predicted octanol–water partition coefficient (Wildman–Crippen LogP) is 1.38. The van der Waals surface area contributed by atoms with Crippen LogP contribution < -0.4 is 5.32 Å². The molecule has 0 fully saturated rings. The van der Waals surface area contributed by atoms with Crippen LogP contribution in [0, 0.1) is 5.92 Å². The van der Waals surface area contributed by atoms with Gasteiger partial charge in [-0.1, -0.05) is 19.1 Å². The highest BCUT2D eigenvalue weighted by molar-refractivity contribution is 5.75. The largest absolute Gasteiger partial charge is 0.377 e. The van der Waals surface area contributed by atoms with Crippen molar-refractivity contribution in [1.29, 1.82) is 0 Å². The average molecular weight is 312 g/mol. The Labute approximate surface area is 132 Å². The first kappa shape index (κ1) is 18.6. The van der Waals surface area contributed by atoms with Gasteiger partial charge in [-0.3, -0.25) is 4.79 Å². The summed E-state index contributed by atoms with van der Waals surface area (Å²) in [5.41, 5.74) is 0.750. The van der Waals surface area contributed by atoms with Gasteiger partial charge in [0.05, 0.1) is 45.2 Å². The quantitative estimate of drug-likeness (QED) is 0.625. The second-order valence-electron chi connectivity index (χ2n) is 5.88. The summed E-state index contributed by atoms with van der Waals surface area (Å²) in [6.45, 7) is 10.8. The van der Waals surface area contributed by atoms with E-state index in [1.54, 1.807) is 4.68 Å². The summed E-state index contributed by atoms with van der Waals surface area (Å²) in [4.78, 5) is 11.6. The molecule has 1 amide bonds. The highest BCUT2D eigenvalue weighted by Crippen LogP contribution is 1.99. The van der Waals surface area contributed by atoms with E-state index >= 15 is 0 Å². The highest BCUT2D eigenvalue weighted by Gasteiger charge is 2.06. The Balaban J connectivity index is 2.15. The Morgan fingerprint density at radius 2 is 2.05 bits per heavy atom. The normalized spacial score (nSPS) is 11.4. The number of aromatic nitrogens is 3. The molecule has 0 aliphatic rings. The molecule has 22 heavy (non-hydrogen) atoms. The number of rotatable bonds is 11. The lowest BCUT2D eigenvalue weighted by atomic mass is 10.1. The first-order chi connectivity index (χ1) is 10.5. The van der Waals surface area contributed by atoms with Gasteiger partial charge in [0, 0.05) is 6.42 Å². The third-order valence-corrected chi connectivity index (χ3v) is 2.79. The molecule has 0 unspecified atom stereocenters. The Morgan fingerprint density at radius 3 is 2.73 bits per heavy atom. The van der Waals surface area contributed by atoms with Gasteiger partial charge in [0.1, 0.15) is 5.69 Å². The van der Waals surface area contributed by atoms with Crippen LogP contribution in [0.2, 0.25) is 0 Å². The molecule has 1 heterocycles. The molecule has 0 bridgehead atoms. The number of ether oxygens (including phenoxy) is 2. The predicted molar refractivity (Wildman–Crippen MR) is 83.2 cm³/mol. The molecule has 0 aromatic carbocycles. The van der Waals surface area contributed by atoms with Crippen LogP contribution in [0.3, 0.4) is 0 Å². The van der Waals surface area contributed by atoms with Crippen molar-refractivity contribution < 1.29 is 14.3 Å². The molecule has 1 aromatic heterocycles. The summed E-state index contributed by atoms with van der Waals surface area (Å²) < 4.78 is 12.6. The minimum absolute atomic E-state index is 0.0398. The van der Waals surface area contributed by atoms with E-state index in [4.69, 9.17) is 9.47 Å². The molecule has 0 spiro atoms. The molecule has 0 aliphatic heterocycles. The van der Waals surface area contributed by atoms with Crippen molar-refractivity contribution in [1.82, 2.24) is 20.3 Å². The molecule has 0 aliphatic carbocycles. The van der Waals surface area contributed by atoms with Crippen molar-refractivity contribution in [3.05, 3.63) is 11.9 Å². The summed E-state index contributed by atoms with van der Waals surface area (Å²) in [5, 5.41) is 10.9. The fraction of sp³-hybridized carbons (Fsp3) is 0.800. The van der Waals surface area contributed by atoms with Crippen LogP contribution in [-0.4, -0.2) is 46.8 Å². The molecule has 0 saturated heterocycles. The maximum Gasteiger partial charge on any atom is 0.220 e. The van der Waals surface area contributed by atoms with Crippen LogP contribution in [0.15, 0.2) is 6.20 Å². The molecule has 126 valence electrons. The van der Waals surface area contributed by atoms with Gasteiger partial charge in [-0.15, -0.1) is 5.10 Å². The lowest BCUT2D eigenvalue weighted by Gasteiger charge is -2.07. The minimum atomic E-state index is 0.0398. The first-order valence-electron chi connectivity index (χ1n) is 7.82. The van der Waals surface area contributed by atoms with Crippen LogP contribution in [0.4, 0.5) is 0 Å². The second kappa shape index (κ2) is 10.3. The van der Waals surface area contributed by atoms with Crippen LogP contribution >= 0.6 is 0 Å². The molecule has 7 nitrogen and oxygen atoms in total. The van der Waals surface area contributed by atoms with Gasteiger partial charge in [0.15, 0.2) is 0 Å². The van der Waals surface area contributed by atoms with Gasteiger partial charge in [-0.2, -0.15) is 0 Å². The number of hydrogen-bond acceptors (Lipinski definition) is 5. The molecule has 1 N–H and O–H groups in total. The van der Waals surface area contributed by atoms with Gasteiger partial charge in [0.2, 0.25) is 5.91 Å². The van der Waals surface area contributed by atoms with Crippen LogP contribution in [0.1, 0.15) is 39.8 Å². The second-order valence-corrected chi connectivity index (χ2v) is 5.88. The van der Waals surface area contributed by atoms with E-state index in [1.165, 1.54) is 0 Å². The van der Waals surface area contributed by atoms with E-state index in [2.05, 4.69) is 15.6 Å². The number of nitrogens with one attached hydrogen (secondary N) is 1. The summed E-state index contributed by atoms with van der Waals surface area (Å²) in [7, 11) is 0. The third-order valence-electron chi connectivity index (χ3n) is 2.79. The summed E-state index contributed by atoms with van der Waals surface area (Å²) in [5.74, 6) is 0.394. The zero-order chi connectivity index (χ0) is 16.4. The molecule has 0 radical (unpaired) electrons. The number of carbonyl (C=O) groups excluding carboxylic acids is 1. The van der Waals surface area contributed by atoms with E-state index < -0.39 is 0 Å². The maximum absolute atomic E-state index is 11.6. The molecular weight excluding hydrogens is 284 g/mol. The number of carbonyl (C=O) groups is 1. The number of amides is 1. The van der Waals surface area contributed by atoms with Crippen LogP contribution in [0.25, 0.3) is 0 Å². The van der Waals surface area contributed by atoms with Crippen molar-refractivity contribution in [3.8, 4) is 0 Å². The lowest BCUT2D eigenvalue weighted by Crippen LogP contribution is -2.24. The zero-order valence-corrected chi connectivity index (χ0v) is 14.0. The third kappa shape index (κ3) is 8.74. The van der Waals surface area contributed by atoms with E-state index in [1.807, 2.05) is 33.9 Å². The standard InChI is InChI=1S/C15H28N4O3/c1-12(2)9-15(20)16-10-14-11-19(18-17-14)5-6-21-7-8-22-13(3)4/h11-13H,5-10H2,1-4H3,(H,16,20). The first-order valence-corrected chi connectivity index (χ1v) is 7.82. The van der Waals surface area contributed by atoms with Gasteiger partial charge in [-0.25, -0.2) is 4.68 Å². The number of nitrogens with zero attached hydrogens (tertiary/aromatic N) is 3. The van der Waals surface area contributed by atoms with Crippen molar-refractivity contribution in [2.75, 3.05) is 19.8 Å². The fourth-order valence-corrected chi connectivity index (χ4v) is 1.76. The minimum Gasteiger partial charge on any atom is -0.377 e. The summed E-state index contributed by atoms with van der Waals surface area (Å²) >= 11 is 0. The van der Waals surface area contributed by atoms with Crippen LogP contribution in [-0.2, 0) is 27.4 Å². The lowest BCUT2D eigenvalue weighted by molar-refractivity contribution is -0.121. The van der Waals surface area contributed by atoms with Crippen LogP contribution in [0.5, 0.6) is 0 Å². The summed E-state index contributed by atoms with van der Waals surface area (Å²) in [6.07, 6.45) is 2.58. The number of hydrogen-bond donors (Lipinski definition) is 1. The fourth-order valence-electron chi connectivity index (χ4n) is 1.76. The van der Waals surface area contributed by atoms with Gasteiger partial charge < -0.3 is 14.8 Å². The van der Waals surface area contributed by atoms with E-state index in [9.17, 15) is 4.79 Å². The Bertz CT molecular complexity index is 432. The molecule has 0 saturated carbocycles. The maximum atomic E-state index is 11.6. The Kier molecular flexibility index (Phi) is 8.69. The smallest absolute Gasteiger partial charge is 0.220 e. The van der Waals surface area contributed by atoms with Gasteiger partial charge >= 0.3 is 0 Å². The average Bonchev–Trinajstić information content (AvgIpc) is 2.87. The summed E-state index contributed by atoms with van der Waals surface area (Å²) in [6, 6.07) is 0. The van der Waals surface area contributed by atoms with Gasteiger partial charge in [-0.05, 0) is 19.8 Å². The highest BCUT2D eigenvalue weighted by atomic mass is 16.5. The van der Waals surface area contributed by atoms with Gasteiger partial charge in [0.25, 0.3) is 0 Å². The zero-order valence-electron chi connectivity index (χ0n) is 14.0. The molecule has 7 heteroatoms. The van der Waals surface area contributed by atoms with Crippen molar-refractivity contribution in [3.63, 3.8) is 0 Å². The molecule has 1 aromatic rings. The van der Waals surface area contributed by atoms with E-state index in [0.717, 1.165) is 5.69 Å². The Hall–Kier alpha value is -1.47. The molecule has 0 atom stereocenters.